The summed E-state index contributed by atoms with van der Waals surface area (Å²) in [6, 6.07) is 11.5. The second-order valence-electron chi connectivity index (χ2n) is 4.85. The van der Waals surface area contributed by atoms with E-state index in [1.54, 1.807) is 36.4 Å². The van der Waals surface area contributed by atoms with Crippen LogP contribution in [-0.2, 0) is 0 Å². The molecule has 0 radical (unpaired) electrons. The summed E-state index contributed by atoms with van der Waals surface area (Å²) in [4.78, 5) is 22.4. The lowest BCUT2D eigenvalue weighted by Crippen LogP contribution is -2.09. The lowest BCUT2D eigenvalue weighted by molar-refractivity contribution is -0.422. The Bertz CT molecular complexity index is 799. The zero-order valence-corrected chi connectivity index (χ0v) is 14.6. The van der Waals surface area contributed by atoms with Crippen LogP contribution in [-0.4, -0.2) is 18.0 Å². The van der Waals surface area contributed by atoms with E-state index in [0.717, 1.165) is 4.47 Å². The van der Waals surface area contributed by atoms with Crippen molar-refractivity contribution in [2.24, 2.45) is 0 Å². The summed E-state index contributed by atoms with van der Waals surface area (Å²) in [6.45, 7) is 1.40. The predicted molar refractivity (Wildman–Crippen MR) is 92.7 cm³/mol. The van der Waals surface area contributed by atoms with Gasteiger partial charge in [-0.25, -0.2) is 4.79 Å². The normalized spacial score (nSPS) is 11.0. The molecule has 0 aliphatic carbocycles. The fraction of sp³-hybridized carbons (Fsp3) is 0.118. The van der Waals surface area contributed by atoms with Gasteiger partial charge in [-0.3, -0.25) is 10.1 Å². The number of benzene rings is 2. The molecule has 0 saturated heterocycles. The van der Waals surface area contributed by atoms with Gasteiger partial charge in [0, 0.05) is 17.5 Å². The van der Waals surface area contributed by atoms with Crippen molar-refractivity contribution in [2.75, 3.05) is 7.11 Å². The molecule has 2 aromatic rings. The topological polar surface area (TPSA) is 78.7 Å². The van der Waals surface area contributed by atoms with Gasteiger partial charge < -0.3 is 9.47 Å². The first-order chi connectivity index (χ1) is 11.4. The number of hydrogen-bond donors (Lipinski definition) is 0. The van der Waals surface area contributed by atoms with E-state index in [0.29, 0.717) is 16.9 Å². The van der Waals surface area contributed by atoms with Crippen LogP contribution >= 0.6 is 15.9 Å². The van der Waals surface area contributed by atoms with Gasteiger partial charge in [-0.2, -0.15) is 0 Å². The van der Waals surface area contributed by atoms with Crippen molar-refractivity contribution in [1.29, 1.82) is 0 Å². The largest absolute Gasteiger partial charge is 0.493 e. The Hall–Kier alpha value is -2.67. The van der Waals surface area contributed by atoms with E-state index >= 15 is 0 Å². The number of rotatable bonds is 5. The molecule has 0 fully saturated rings. The monoisotopic (exact) mass is 391 g/mol. The van der Waals surface area contributed by atoms with E-state index in [9.17, 15) is 14.9 Å². The Balaban J connectivity index is 2.24. The van der Waals surface area contributed by atoms with Gasteiger partial charge in [0.25, 0.3) is 0 Å². The Morgan fingerprint density at radius 3 is 2.42 bits per heavy atom. The van der Waals surface area contributed by atoms with Gasteiger partial charge in [0.05, 0.1) is 17.6 Å². The molecular formula is C17H14BrNO5. The van der Waals surface area contributed by atoms with E-state index in [1.807, 2.05) is 0 Å². The molecule has 0 aliphatic heterocycles. The highest BCUT2D eigenvalue weighted by molar-refractivity contribution is 9.10. The third-order valence-electron chi connectivity index (χ3n) is 3.13. The van der Waals surface area contributed by atoms with Crippen molar-refractivity contribution in [1.82, 2.24) is 0 Å². The molecule has 0 unspecified atom stereocenters. The molecular weight excluding hydrogens is 378 g/mol. The standard InChI is InChI=1S/C17H14BrNO5/c1-11(19(21)22)9-12-3-8-15(16(10-12)23-2)24-17(20)13-4-6-14(18)7-5-13/h3-10H,1-2H3. The number of carbonyl (C=O) groups is 1. The predicted octanol–water partition coefficient (Wildman–Crippen LogP) is 4.31. The zero-order chi connectivity index (χ0) is 17.7. The highest BCUT2D eigenvalue weighted by Gasteiger charge is 2.13. The zero-order valence-electron chi connectivity index (χ0n) is 13.0. The molecule has 0 aromatic heterocycles. The SMILES string of the molecule is COc1cc(C=C(C)[N+](=O)[O-])ccc1OC(=O)c1ccc(Br)cc1. The number of ether oxygens (including phenoxy) is 2. The van der Waals surface area contributed by atoms with Gasteiger partial charge >= 0.3 is 5.97 Å². The summed E-state index contributed by atoms with van der Waals surface area (Å²) in [5.41, 5.74) is 0.967. The molecule has 0 bridgehead atoms. The summed E-state index contributed by atoms with van der Waals surface area (Å²) in [5, 5.41) is 10.7. The number of halogens is 1. The minimum absolute atomic E-state index is 0.00309. The van der Waals surface area contributed by atoms with Crippen LogP contribution < -0.4 is 9.47 Å². The summed E-state index contributed by atoms with van der Waals surface area (Å²) >= 11 is 3.30. The van der Waals surface area contributed by atoms with Crippen LogP contribution in [0.5, 0.6) is 11.5 Å². The van der Waals surface area contributed by atoms with Crippen molar-refractivity contribution in [3.05, 3.63) is 73.9 Å². The lowest BCUT2D eigenvalue weighted by atomic mass is 10.1. The Labute approximate surface area is 147 Å². The first-order valence-electron chi connectivity index (χ1n) is 6.89. The fourth-order valence-corrected chi connectivity index (χ4v) is 2.16. The van der Waals surface area contributed by atoms with E-state index in [4.69, 9.17) is 9.47 Å². The van der Waals surface area contributed by atoms with Crippen LogP contribution in [0.25, 0.3) is 6.08 Å². The van der Waals surface area contributed by atoms with Crippen molar-refractivity contribution in [3.63, 3.8) is 0 Å². The van der Waals surface area contributed by atoms with E-state index in [2.05, 4.69) is 15.9 Å². The van der Waals surface area contributed by atoms with Gasteiger partial charge in [0.2, 0.25) is 5.70 Å². The minimum Gasteiger partial charge on any atom is -0.493 e. The number of allylic oxidation sites excluding steroid dienone is 1. The third-order valence-corrected chi connectivity index (χ3v) is 3.66. The Morgan fingerprint density at radius 1 is 1.17 bits per heavy atom. The molecule has 6 nitrogen and oxygen atoms in total. The van der Waals surface area contributed by atoms with Crippen LogP contribution in [0, 0.1) is 10.1 Å². The number of methoxy groups -OCH3 is 1. The molecule has 0 spiro atoms. The molecule has 0 saturated carbocycles. The average molecular weight is 392 g/mol. The second-order valence-corrected chi connectivity index (χ2v) is 5.77. The van der Waals surface area contributed by atoms with Crippen LogP contribution in [0.1, 0.15) is 22.8 Å². The van der Waals surface area contributed by atoms with Gasteiger partial charge in [-0.05, 0) is 42.0 Å². The van der Waals surface area contributed by atoms with Crippen molar-refractivity contribution in [3.8, 4) is 11.5 Å². The van der Waals surface area contributed by atoms with Gasteiger partial charge in [-0.1, -0.05) is 22.0 Å². The number of esters is 1. The maximum absolute atomic E-state index is 12.2. The summed E-state index contributed by atoms with van der Waals surface area (Å²) in [5.74, 6) is 0.0252. The average Bonchev–Trinajstić information content (AvgIpc) is 2.56. The quantitative estimate of drug-likeness (QED) is 0.328. The van der Waals surface area contributed by atoms with Gasteiger partial charge in [-0.15, -0.1) is 0 Å². The molecule has 0 aliphatic rings. The van der Waals surface area contributed by atoms with Crippen molar-refractivity contribution in [2.45, 2.75) is 6.92 Å². The number of carbonyl (C=O) groups excluding carboxylic acids is 1. The first-order valence-corrected chi connectivity index (χ1v) is 7.68. The molecule has 2 aromatic carbocycles. The van der Waals surface area contributed by atoms with Crippen molar-refractivity contribution < 1.29 is 19.2 Å². The molecule has 0 N–H and O–H groups in total. The third kappa shape index (κ3) is 4.42. The van der Waals surface area contributed by atoms with E-state index in [-0.39, 0.29) is 11.4 Å². The highest BCUT2D eigenvalue weighted by atomic mass is 79.9. The molecule has 0 amide bonds. The molecule has 0 atom stereocenters. The summed E-state index contributed by atoms with van der Waals surface area (Å²) in [6.07, 6.45) is 1.41. The number of nitrogens with zero attached hydrogens (tertiary/aromatic N) is 1. The van der Waals surface area contributed by atoms with E-state index < -0.39 is 10.9 Å². The van der Waals surface area contributed by atoms with Gasteiger partial charge in [0.15, 0.2) is 11.5 Å². The molecule has 24 heavy (non-hydrogen) atoms. The summed E-state index contributed by atoms with van der Waals surface area (Å²) < 4.78 is 11.4. The molecule has 2 rings (SSSR count). The molecule has 0 heterocycles. The molecule has 7 heteroatoms. The Kier molecular flexibility index (Phi) is 5.70. The second kappa shape index (κ2) is 7.74. The van der Waals surface area contributed by atoms with Gasteiger partial charge in [0.1, 0.15) is 0 Å². The van der Waals surface area contributed by atoms with Crippen LogP contribution in [0.4, 0.5) is 0 Å². The Morgan fingerprint density at radius 2 is 1.83 bits per heavy atom. The highest BCUT2D eigenvalue weighted by Crippen LogP contribution is 2.29. The number of nitro groups is 1. The fourth-order valence-electron chi connectivity index (χ4n) is 1.90. The van der Waals surface area contributed by atoms with Crippen LogP contribution in [0.15, 0.2) is 52.6 Å². The maximum atomic E-state index is 12.2. The smallest absolute Gasteiger partial charge is 0.343 e. The van der Waals surface area contributed by atoms with Crippen molar-refractivity contribution >= 4 is 28.0 Å². The summed E-state index contributed by atoms with van der Waals surface area (Å²) in [7, 11) is 1.43. The number of hydrogen-bond acceptors (Lipinski definition) is 5. The molecule has 124 valence electrons. The van der Waals surface area contributed by atoms with Crippen LogP contribution in [0.2, 0.25) is 0 Å². The van der Waals surface area contributed by atoms with E-state index in [1.165, 1.54) is 26.2 Å². The maximum Gasteiger partial charge on any atom is 0.343 e. The van der Waals surface area contributed by atoms with Crippen LogP contribution in [0.3, 0.4) is 0 Å². The first kappa shape index (κ1) is 17.7. The minimum atomic E-state index is -0.523. The lowest BCUT2D eigenvalue weighted by Gasteiger charge is -2.10.